The molecule has 0 radical (unpaired) electrons. The monoisotopic (exact) mass is 400 g/mol. The first-order valence-corrected chi connectivity index (χ1v) is 10.5. The van der Waals surface area contributed by atoms with Gasteiger partial charge in [-0.3, -0.25) is 0 Å². The molecule has 0 aliphatic rings. The summed E-state index contributed by atoms with van der Waals surface area (Å²) in [5.74, 6) is 0. The zero-order valence-corrected chi connectivity index (χ0v) is 12.4. The van der Waals surface area contributed by atoms with Gasteiger partial charge in [0.2, 0.25) is 0 Å². The number of thiophene rings is 1. The Balaban J connectivity index is 2.29. The molecule has 0 unspecified atom stereocenters. The van der Waals surface area contributed by atoms with Crippen LogP contribution in [-0.2, 0) is 0 Å². The molecule has 0 N–H and O–H groups in total. The Morgan fingerprint density at radius 3 is 2.50 bits per heavy atom. The molecule has 2 rings (SSSR count). The SMILES string of the molecule is ClI(c1ccccc1)c1cc(Br)cs1. The van der Waals surface area contributed by atoms with Crippen LogP contribution in [0.5, 0.6) is 0 Å². The van der Waals surface area contributed by atoms with Crippen LogP contribution in [0, 0.1) is 6.45 Å². The number of halogens is 3. The predicted octanol–water partition coefficient (Wildman–Crippen LogP) is 5.21. The van der Waals surface area contributed by atoms with E-state index in [1.807, 2.05) is 18.2 Å². The van der Waals surface area contributed by atoms with Gasteiger partial charge in [-0.1, -0.05) is 0 Å². The average molecular weight is 401 g/mol. The van der Waals surface area contributed by atoms with E-state index in [0.29, 0.717) is 0 Å². The molecule has 0 spiro atoms. The molecule has 1 aromatic heterocycles. The van der Waals surface area contributed by atoms with Crippen LogP contribution in [-0.4, -0.2) is 0 Å². The Bertz CT molecular complexity index is 415. The summed E-state index contributed by atoms with van der Waals surface area (Å²) in [5, 5.41) is 2.09. The molecule has 4 heteroatoms. The van der Waals surface area contributed by atoms with Crippen molar-refractivity contribution in [1.29, 1.82) is 0 Å². The fourth-order valence-electron chi connectivity index (χ4n) is 1.01. The van der Waals surface area contributed by atoms with Gasteiger partial charge in [-0.25, -0.2) is 0 Å². The molecule has 14 heavy (non-hydrogen) atoms. The second-order valence-electron chi connectivity index (χ2n) is 2.60. The zero-order valence-electron chi connectivity index (χ0n) is 7.08. The van der Waals surface area contributed by atoms with E-state index in [-0.39, 0.29) is 0 Å². The first-order valence-electron chi connectivity index (χ1n) is 3.93. The van der Waals surface area contributed by atoms with E-state index in [2.05, 4.69) is 39.5 Å². The van der Waals surface area contributed by atoms with E-state index in [9.17, 15) is 0 Å². The molecule has 0 saturated carbocycles. The summed E-state index contributed by atoms with van der Waals surface area (Å²) in [6.45, 7) is 0. The first-order chi connectivity index (χ1) is 6.77. The van der Waals surface area contributed by atoms with Crippen molar-refractivity contribution in [3.8, 4) is 0 Å². The van der Waals surface area contributed by atoms with Crippen molar-refractivity contribution < 1.29 is 0 Å². The van der Waals surface area contributed by atoms with Gasteiger partial charge < -0.3 is 0 Å². The van der Waals surface area contributed by atoms with Crippen LogP contribution >= 0.6 is 54.9 Å². The molecule has 0 aliphatic carbocycles. The molecule has 0 atom stereocenters. The van der Waals surface area contributed by atoms with Crippen molar-refractivity contribution >= 4 is 54.9 Å². The van der Waals surface area contributed by atoms with Crippen molar-refractivity contribution in [3.05, 3.63) is 52.7 Å². The maximum absolute atomic E-state index is 6.49. The number of rotatable bonds is 2. The third-order valence-corrected chi connectivity index (χ3v) is 10.7. The maximum atomic E-state index is 6.49. The van der Waals surface area contributed by atoms with Gasteiger partial charge in [0, 0.05) is 0 Å². The van der Waals surface area contributed by atoms with Crippen LogP contribution in [0.2, 0.25) is 0 Å². The molecule has 0 amide bonds. The summed E-state index contributed by atoms with van der Waals surface area (Å²) in [5.41, 5.74) is 0. The Hall–Kier alpha value is 0.420. The van der Waals surface area contributed by atoms with Gasteiger partial charge in [0.05, 0.1) is 0 Å². The summed E-state index contributed by atoms with van der Waals surface area (Å²) < 4.78 is 3.76. The van der Waals surface area contributed by atoms with E-state index in [4.69, 9.17) is 8.91 Å². The van der Waals surface area contributed by atoms with Crippen LogP contribution in [0.25, 0.3) is 0 Å². The van der Waals surface area contributed by atoms with Crippen LogP contribution in [0.15, 0.2) is 46.3 Å². The molecule has 2 aromatic rings. The van der Waals surface area contributed by atoms with Gasteiger partial charge in [0.25, 0.3) is 0 Å². The Morgan fingerprint density at radius 2 is 1.93 bits per heavy atom. The molecular formula is C10H7BrClIS. The van der Waals surface area contributed by atoms with Crippen LogP contribution in [0.3, 0.4) is 0 Å². The van der Waals surface area contributed by atoms with Gasteiger partial charge in [0.1, 0.15) is 0 Å². The Kier molecular flexibility index (Phi) is 3.87. The zero-order chi connectivity index (χ0) is 9.97. The molecule has 1 aromatic carbocycles. The molecular weight excluding hydrogens is 394 g/mol. The molecule has 0 bridgehead atoms. The topological polar surface area (TPSA) is 0 Å². The summed E-state index contributed by atoms with van der Waals surface area (Å²) in [4.78, 5) is 0. The van der Waals surface area contributed by atoms with E-state index >= 15 is 0 Å². The van der Waals surface area contributed by atoms with Crippen molar-refractivity contribution in [2.75, 3.05) is 0 Å². The standard InChI is InChI=1S/C10H7BrClIS/c11-8-6-10(14-7-8)13(12)9-4-2-1-3-5-9/h1-7H. The van der Waals surface area contributed by atoms with Crippen molar-refractivity contribution in [2.45, 2.75) is 0 Å². The number of hydrogen-bond donors (Lipinski definition) is 0. The third kappa shape index (κ3) is 2.51. The molecule has 0 fully saturated rings. The molecule has 0 aliphatic heterocycles. The van der Waals surface area contributed by atoms with Gasteiger partial charge >= 0.3 is 108 Å². The van der Waals surface area contributed by atoms with Crippen LogP contribution in [0.4, 0.5) is 0 Å². The van der Waals surface area contributed by atoms with Crippen molar-refractivity contribution in [1.82, 2.24) is 0 Å². The third-order valence-electron chi connectivity index (χ3n) is 1.62. The Morgan fingerprint density at radius 1 is 1.21 bits per heavy atom. The Labute approximate surface area is 107 Å². The minimum atomic E-state index is -1.62. The molecule has 0 saturated heterocycles. The van der Waals surface area contributed by atoms with E-state index in [0.717, 1.165) is 4.47 Å². The molecule has 0 nitrogen and oxygen atoms in total. The fourth-order valence-corrected chi connectivity index (χ4v) is 8.18. The minimum absolute atomic E-state index is 1.14. The molecule has 74 valence electrons. The average Bonchev–Trinajstić information content (AvgIpc) is 2.65. The van der Waals surface area contributed by atoms with E-state index in [1.165, 1.54) is 6.45 Å². The predicted molar refractivity (Wildman–Crippen MR) is 75.7 cm³/mol. The number of benzene rings is 1. The first kappa shape index (κ1) is 10.9. The van der Waals surface area contributed by atoms with Crippen molar-refractivity contribution in [3.63, 3.8) is 0 Å². The fraction of sp³-hybridized carbons (Fsp3) is 0. The van der Waals surface area contributed by atoms with Gasteiger partial charge in [-0.15, -0.1) is 0 Å². The van der Waals surface area contributed by atoms with Crippen LogP contribution in [0.1, 0.15) is 0 Å². The van der Waals surface area contributed by atoms with E-state index in [1.54, 1.807) is 11.3 Å². The van der Waals surface area contributed by atoms with Crippen LogP contribution < -0.4 is 0 Å². The summed E-state index contributed by atoms with van der Waals surface area (Å²) in [6.07, 6.45) is 0. The summed E-state index contributed by atoms with van der Waals surface area (Å²) in [7, 11) is 6.49. The van der Waals surface area contributed by atoms with E-state index < -0.39 is 18.7 Å². The molecule has 1 heterocycles. The van der Waals surface area contributed by atoms with Crippen molar-refractivity contribution in [2.24, 2.45) is 0 Å². The second-order valence-corrected chi connectivity index (χ2v) is 10.8. The van der Waals surface area contributed by atoms with Gasteiger partial charge in [0.15, 0.2) is 0 Å². The summed E-state index contributed by atoms with van der Waals surface area (Å²) >= 11 is 3.58. The summed E-state index contributed by atoms with van der Waals surface area (Å²) in [6, 6.07) is 12.5. The quantitative estimate of drug-likeness (QED) is 0.606. The normalized spacial score (nSPS) is 11.4. The second kappa shape index (κ2) is 4.96. The number of hydrogen-bond acceptors (Lipinski definition) is 1. The van der Waals surface area contributed by atoms with Gasteiger partial charge in [-0.05, 0) is 0 Å². The van der Waals surface area contributed by atoms with Gasteiger partial charge in [-0.2, -0.15) is 0 Å².